The highest BCUT2D eigenvalue weighted by atomic mass is 16.2. The number of amides is 2. The largest absolute Gasteiger partial charge is 0.352 e. The summed E-state index contributed by atoms with van der Waals surface area (Å²) in [5, 5.41) is 9.83. The number of aryl methyl sites for hydroxylation is 1. The number of benzene rings is 2. The first kappa shape index (κ1) is 19.3. The minimum Gasteiger partial charge on any atom is -0.352 e. The molecule has 0 fully saturated rings. The van der Waals surface area contributed by atoms with E-state index in [4.69, 9.17) is 0 Å². The molecule has 144 valence electrons. The Labute approximate surface area is 163 Å². The van der Waals surface area contributed by atoms with Crippen LogP contribution in [0.15, 0.2) is 61.2 Å². The van der Waals surface area contributed by atoms with E-state index in [9.17, 15) is 9.59 Å². The van der Waals surface area contributed by atoms with Gasteiger partial charge in [-0.05, 0) is 43.2 Å². The fraction of sp³-hybridized carbons (Fsp3) is 0.238. The van der Waals surface area contributed by atoms with E-state index in [2.05, 4.69) is 20.7 Å². The average molecular weight is 377 g/mol. The third-order valence-electron chi connectivity index (χ3n) is 4.48. The van der Waals surface area contributed by atoms with Crippen LogP contribution in [0.1, 0.15) is 40.9 Å². The third-order valence-corrected chi connectivity index (χ3v) is 4.48. The van der Waals surface area contributed by atoms with E-state index in [1.54, 1.807) is 17.1 Å². The van der Waals surface area contributed by atoms with Gasteiger partial charge in [-0.3, -0.25) is 9.59 Å². The molecule has 3 aromatic rings. The molecule has 2 N–H and O–H groups in total. The smallest absolute Gasteiger partial charge is 0.251 e. The zero-order valence-corrected chi connectivity index (χ0v) is 15.9. The van der Waals surface area contributed by atoms with Gasteiger partial charge in [-0.1, -0.05) is 30.3 Å². The quantitative estimate of drug-likeness (QED) is 0.662. The van der Waals surface area contributed by atoms with Gasteiger partial charge in [0.15, 0.2) is 0 Å². The molecule has 7 heteroatoms. The van der Waals surface area contributed by atoms with Crippen LogP contribution in [0, 0.1) is 6.92 Å². The van der Waals surface area contributed by atoms with Gasteiger partial charge >= 0.3 is 0 Å². The third kappa shape index (κ3) is 4.82. The molecule has 0 unspecified atom stereocenters. The number of rotatable bonds is 7. The Morgan fingerprint density at radius 3 is 2.54 bits per heavy atom. The fourth-order valence-corrected chi connectivity index (χ4v) is 2.87. The lowest BCUT2D eigenvalue weighted by Crippen LogP contribution is -2.32. The van der Waals surface area contributed by atoms with Gasteiger partial charge in [0.25, 0.3) is 5.91 Å². The summed E-state index contributed by atoms with van der Waals surface area (Å²) in [6, 6.07) is 15.0. The Hall–Kier alpha value is -3.48. The molecule has 0 aliphatic heterocycles. The van der Waals surface area contributed by atoms with Crippen LogP contribution in [0.5, 0.6) is 0 Å². The van der Waals surface area contributed by atoms with Crippen LogP contribution in [0.25, 0.3) is 5.69 Å². The molecule has 0 aliphatic carbocycles. The summed E-state index contributed by atoms with van der Waals surface area (Å²) in [5.41, 5.74) is 3.43. The van der Waals surface area contributed by atoms with Crippen molar-refractivity contribution in [1.29, 1.82) is 0 Å². The number of aromatic nitrogens is 3. The number of carbonyl (C=O) groups excluding carboxylic acids is 2. The van der Waals surface area contributed by atoms with Gasteiger partial charge in [-0.15, -0.1) is 0 Å². The molecule has 0 spiro atoms. The molecule has 1 heterocycles. The lowest BCUT2D eigenvalue weighted by Gasteiger charge is -2.15. The summed E-state index contributed by atoms with van der Waals surface area (Å²) in [7, 11) is 0. The van der Waals surface area contributed by atoms with Crippen molar-refractivity contribution in [2.45, 2.75) is 26.3 Å². The summed E-state index contributed by atoms with van der Waals surface area (Å²) >= 11 is 0. The van der Waals surface area contributed by atoms with Gasteiger partial charge in [0.2, 0.25) is 5.91 Å². The molecular weight excluding hydrogens is 354 g/mol. The normalized spacial score (nSPS) is 11.6. The molecule has 1 atom stereocenters. The van der Waals surface area contributed by atoms with Crippen molar-refractivity contribution in [2.75, 3.05) is 6.54 Å². The van der Waals surface area contributed by atoms with Crippen LogP contribution in [0.3, 0.4) is 0 Å². The van der Waals surface area contributed by atoms with Gasteiger partial charge in [0.05, 0.1) is 11.7 Å². The highest BCUT2D eigenvalue weighted by molar-refractivity contribution is 5.95. The van der Waals surface area contributed by atoms with E-state index >= 15 is 0 Å². The van der Waals surface area contributed by atoms with Crippen molar-refractivity contribution in [1.82, 2.24) is 25.4 Å². The van der Waals surface area contributed by atoms with Crippen LogP contribution in [-0.4, -0.2) is 33.1 Å². The number of hydrogen-bond acceptors (Lipinski definition) is 4. The Balaban J connectivity index is 1.46. The zero-order chi connectivity index (χ0) is 19.9. The highest BCUT2D eigenvalue weighted by Gasteiger charge is 2.12. The Kier molecular flexibility index (Phi) is 6.16. The second-order valence-corrected chi connectivity index (χ2v) is 6.54. The second-order valence-electron chi connectivity index (χ2n) is 6.54. The van der Waals surface area contributed by atoms with E-state index in [-0.39, 0.29) is 30.8 Å². The first-order valence-electron chi connectivity index (χ1n) is 9.13. The maximum atomic E-state index is 12.2. The van der Waals surface area contributed by atoms with Crippen LogP contribution in [0.2, 0.25) is 0 Å². The molecule has 0 saturated carbocycles. The summed E-state index contributed by atoms with van der Waals surface area (Å²) in [4.78, 5) is 28.3. The molecule has 0 aliphatic rings. The maximum absolute atomic E-state index is 12.2. The molecule has 3 rings (SSSR count). The Morgan fingerprint density at radius 1 is 1.11 bits per heavy atom. The van der Waals surface area contributed by atoms with Crippen LogP contribution >= 0.6 is 0 Å². The summed E-state index contributed by atoms with van der Waals surface area (Å²) < 4.78 is 1.67. The SMILES string of the molecule is Cc1ccccc1C(=O)NCCC(=O)N[C@@H](C)c1ccc(-n2cncn2)cc1. The van der Waals surface area contributed by atoms with Gasteiger partial charge in [0.1, 0.15) is 12.7 Å². The predicted molar refractivity (Wildman–Crippen MR) is 106 cm³/mol. The lowest BCUT2D eigenvalue weighted by molar-refractivity contribution is -0.121. The molecule has 28 heavy (non-hydrogen) atoms. The molecule has 0 bridgehead atoms. The molecule has 0 saturated heterocycles. The van der Waals surface area contributed by atoms with Gasteiger partial charge in [-0.2, -0.15) is 5.10 Å². The molecule has 2 aromatic carbocycles. The average Bonchev–Trinajstić information content (AvgIpc) is 3.23. The van der Waals surface area contributed by atoms with Gasteiger partial charge in [0, 0.05) is 18.5 Å². The first-order chi connectivity index (χ1) is 13.5. The van der Waals surface area contributed by atoms with E-state index in [1.165, 1.54) is 6.33 Å². The van der Waals surface area contributed by atoms with Crippen molar-refractivity contribution in [2.24, 2.45) is 0 Å². The van der Waals surface area contributed by atoms with Crippen LogP contribution in [0.4, 0.5) is 0 Å². The first-order valence-corrected chi connectivity index (χ1v) is 9.13. The molecule has 2 amide bonds. The summed E-state index contributed by atoms with van der Waals surface area (Å²) in [6.45, 7) is 4.10. The Bertz CT molecular complexity index is 936. The van der Waals surface area contributed by atoms with Crippen molar-refractivity contribution < 1.29 is 9.59 Å². The summed E-state index contributed by atoms with van der Waals surface area (Å²) in [5.74, 6) is -0.277. The highest BCUT2D eigenvalue weighted by Crippen LogP contribution is 2.15. The topological polar surface area (TPSA) is 88.9 Å². The van der Waals surface area contributed by atoms with Crippen molar-refractivity contribution in [3.05, 3.63) is 77.9 Å². The van der Waals surface area contributed by atoms with Crippen LogP contribution < -0.4 is 10.6 Å². The molecule has 0 radical (unpaired) electrons. The number of nitrogens with zero attached hydrogens (tertiary/aromatic N) is 3. The minimum atomic E-state index is -0.164. The van der Waals surface area contributed by atoms with Crippen LogP contribution in [-0.2, 0) is 4.79 Å². The zero-order valence-electron chi connectivity index (χ0n) is 15.9. The predicted octanol–water partition coefficient (Wildman–Crippen LogP) is 2.57. The molecule has 7 nitrogen and oxygen atoms in total. The van der Waals surface area contributed by atoms with E-state index < -0.39 is 0 Å². The van der Waals surface area contributed by atoms with Crippen molar-refractivity contribution in [3.63, 3.8) is 0 Å². The van der Waals surface area contributed by atoms with E-state index in [0.717, 1.165) is 16.8 Å². The fourth-order valence-electron chi connectivity index (χ4n) is 2.87. The van der Waals surface area contributed by atoms with Gasteiger partial charge < -0.3 is 10.6 Å². The van der Waals surface area contributed by atoms with Gasteiger partial charge in [-0.25, -0.2) is 9.67 Å². The Morgan fingerprint density at radius 2 is 1.86 bits per heavy atom. The lowest BCUT2D eigenvalue weighted by atomic mass is 10.1. The second kappa shape index (κ2) is 8.94. The van der Waals surface area contributed by atoms with E-state index in [1.807, 2.05) is 56.3 Å². The maximum Gasteiger partial charge on any atom is 0.251 e. The molecular formula is C21H23N5O2. The number of nitrogens with one attached hydrogen (secondary N) is 2. The van der Waals surface area contributed by atoms with E-state index in [0.29, 0.717) is 5.56 Å². The minimum absolute atomic E-state index is 0.113. The standard InChI is InChI=1S/C21H23N5O2/c1-15-5-3-4-6-19(15)21(28)23-12-11-20(27)25-16(2)17-7-9-18(10-8-17)26-14-22-13-24-26/h3-10,13-14,16H,11-12H2,1-2H3,(H,23,28)(H,25,27)/t16-/m0/s1. The number of carbonyl (C=O) groups is 2. The monoisotopic (exact) mass is 377 g/mol. The summed E-state index contributed by atoms with van der Waals surface area (Å²) in [6.07, 6.45) is 3.33. The number of hydrogen-bond donors (Lipinski definition) is 2. The van der Waals surface area contributed by atoms with Crippen molar-refractivity contribution in [3.8, 4) is 5.69 Å². The van der Waals surface area contributed by atoms with Crippen molar-refractivity contribution >= 4 is 11.8 Å². The molecule has 1 aromatic heterocycles.